The average molecular weight is 253 g/mol. The number of ether oxygens (including phenoxy) is 1. The Morgan fingerprint density at radius 1 is 1.46 bits per heavy atom. The molecule has 4 rings (SSSR count). The van der Waals surface area contributed by atoms with Gasteiger partial charge in [-0.2, -0.15) is 0 Å². The lowest BCUT2D eigenvalue weighted by molar-refractivity contribution is -0.930. The van der Waals surface area contributed by atoms with Crippen LogP contribution in [0.15, 0.2) is 0 Å². The maximum absolute atomic E-state index is 10.0. The first kappa shape index (κ1) is 6.77. The van der Waals surface area contributed by atoms with E-state index in [9.17, 15) is 5.11 Å². The van der Waals surface area contributed by atoms with Crippen molar-refractivity contribution in [1.82, 2.24) is 0 Å². The van der Waals surface area contributed by atoms with Crippen LogP contribution in [0.1, 0.15) is 17.0 Å². The molecule has 4 saturated heterocycles. The number of rotatable bonds is 0. The second-order valence-corrected chi connectivity index (χ2v) is 4.47. The van der Waals surface area contributed by atoms with Crippen LogP contribution in [0.4, 0.5) is 0 Å². The summed E-state index contributed by atoms with van der Waals surface area (Å²) in [5.74, 6) is 0. The number of aliphatic hydroxyl groups is 1. The van der Waals surface area contributed by atoms with Gasteiger partial charge in [0.25, 0.3) is 0 Å². The number of halogens is 1. The van der Waals surface area contributed by atoms with Crippen LogP contribution in [0.25, 0.3) is 0 Å². The Labute approximate surface area is 93.2 Å². The molecule has 4 bridgehead atoms. The summed E-state index contributed by atoms with van der Waals surface area (Å²) in [5.41, 5.74) is 0. The minimum absolute atomic E-state index is 0. The second kappa shape index (κ2) is 2.69. The first-order chi connectivity index (χ1) is 6.85. The average Bonchev–Trinajstić information content (AvgIpc) is 2.52. The van der Waals surface area contributed by atoms with Crippen LogP contribution < -0.4 is 17.0 Å². The highest BCUT2D eigenvalue weighted by molar-refractivity contribution is 5.04. The van der Waals surface area contributed by atoms with E-state index in [1.165, 1.54) is 0 Å². The fraction of sp³-hybridized carbons (Fsp3) is 1.00. The number of hydrogen-bond acceptors (Lipinski definition) is 2. The largest absolute Gasteiger partial charge is 1.00 e. The van der Waals surface area contributed by atoms with Crippen LogP contribution in [-0.4, -0.2) is 54.0 Å². The van der Waals surface area contributed by atoms with E-state index in [1.54, 1.807) is 7.05 Å². The number of piperidine rings is 1. The van der Waals surface area contributed by atoms with Gasteiger partial charge < -0.3 is 31.3 Å². The van der Waals surface area contributed by atoms with E-state index < -0.39 is 13.1 Å². The molecule has 0 aliphatic carbocycles. The lowest BCUT2D eigenvalue weighted by Gasteiger charge is -2.41. The molecule has 0 spiro atoms. The molecule has 4 fully saturated rings. The molecule has 0 aromatic carbocycles. The second-order valence-electron chi connectivity index (χ2n) is 4.47. The molecule has 3 nitrogen and oxygen atoms in total. The van der Waals surface area contributed by atoms with Crippen molar-refractivity contribution in [3.63, 3.8) is 0 Å². The summed E-state index contributed by atoms with van der Waals surface area (Å²) in [7, 11) is 1.75. The molecule has 4 aliphatic rings. The third kappa shape index (κ3) is 1.00. The molecule has 0 aromatic rings. The molecule has 2 unspecified atom stereocenters. The van der Waals surface area contributed by atoms with E-state index in [4.69, 9.17) is 8.85 Å². The highest BCUT2D eigenvalue weighted by Gasteiger charge is 2.66. The summed E-state index contributed by atoms with van der Waals surface area (Å²) in [6.45, 7) is -2.05. The fourth-order valence-electron chi connectivity index (χ4n) is 3.17. The highest BCUT2D eigenvalue weighted by atomic mass is 79.9. The molecule has 4 heterocycles. The van der Waals surface area contributed by atoms with Crippen LogP contribution in [0.3, 0.4) is 0 Å². The smallest absolute Gasteiger partial charge is 0.141 e. The first-order valence-electron chi connectivity index (χ1n) is 6.05. The molecule has 13 heavy (non-hydrogen) atoms. The van der Waals surface area contributed by atoms with Gasteiger partial charge >= 0.3 is 0 Å². The Hall–Kier alpha value is 0.360. The van der Waals surface area contributed by atoms with Crippen molar-refractivity contribution in [2.75, 3.05) is 14.0 Å². The lowest BCUT2D eigenvalue weighted by atomic mass is 9.98. The predicted octanol–water partition coefficient (Wildman–Crippen LogP) is -3.26. The number of hydrogen-bond donors (Lipinski definition) is 1. The highest BCUT2D eigenvalue weighted by Crippen LogP contribution is 2.48. The van der Waals surface area contributed by atoms with Crippen molar-refractivity contribution in [1.29, 1.82) is 0 Å². The zero-order valence-electron chi connectivity index (χ0n) is 10.5. The van der Waals surface area contributed by atoms with Crippen LogP contribution in [-0.2, 0) is 4.74 Å². The van der Waals surface area contributed by atoms with Crippen LogP contribution in [0.5, 0.6) is 0 Å². The Bertz CT molecular complexity index is 310. The lowest BCUT2D eigenvalue weighted by Crippen LogP contribution is -3.00. The molecule has 0 saturated carbocycles. The normalized spacial score (nSPS) is 66.9. The molecule has 6 atom stereocenters. The van der Waals surface area contributed by atoms with Gasteiger partial charge in [0.05, 0.1) is 24.2 Å². The van der Waals surface area contributed by atoms with Crippen molar-refractivity contribution in [3.8, 4) is 0 Å². The molecule has 0 aromatic heterocycles. The van der Waals surface area contributed by atoms with Gasteiger partial charge in [-0.3, -0.25) is 0 Å². The van der Waals surface area contributed by atoms with Crippen LogP contribution >= 0.6 is 0 Å². The van der Waals surface area contributed by atoms with E-state index >= 15 is 0 Å². The third-order valence-corrected chi connectivity index (χ3v) is 3.85. The number of quaternary nitrogens is 1. The molecule has 1 N–H and O–H groups in total. The molecule has 0 radical (unpaired) electrons. The fourth-order valence-corrected chi connectivity index (χ4v) is 3.17. The van der Waals surface area contributed by atoms with Gasteiger partial charge in [0.2, 0.25) is 0 Å². The molecular formula is C9H16BrNO2. The summed E-state index contributed by atoms with van der Waals surface area (Å²) in [6, 6.07) is -0.212. The number of aliphatic hydroxyl groups excluding tert-OH is 1. The Morgan fingerprint density at radius 2 is 2.15 bits per heavy atom. The van der Waals surface area contributed by atoms with E-state index in [2.05, 4.69) is 0 Å². The Morgan fingerprint density at radius 3 is 2.77 bits per heavy atom. The minimum Gasteiger partial charge on any atom is -1.00 e. The number of nitrogens with zero attached hydrogens (tertiary/aromatic N) is 1. The van der Waals surface area contributed by atoms with Gasteiger partial charge in [-0.05, 0) is 0 Å². The van der Waals surface area contributed by atoms with Gasteiger partial charge in [-0.15, -0.1) is 0 Å². The molecule has 4 heteroatoms. The van der Waals surface area contributed by atoms with Crippen molar-refractivity contribution < 1.29 is 35.4 Å². The van der Waals surface area contributed by atoms with Gasteiger partial charge in [0.1, 0.15) is 24.3 Å². The summed E-state index contributed by atoms with van der Waals surface area (Å²) >= 11 is 0. The summed E-state index contributed by atoms with van der Waals surface area (Å²) in [6.07, 6.45) is 0.802. The predicted molar refractivity (Wildman–Crippen MR) is 43.6 cm³/mol. The van der Waals surface area contributed by atoms with Gasteiger partial charge in [-0.1, -0.05) is 0 Å². The summed E-state index contributed by atoms with van der Waals surface area (Å²) in [4.78, 5) is 0. The maximum atomic E-state index is 10.0. The third-order valence-electron chi connectivity index (χ3n) is 3.85. The standard InChI is InChI=1S/C9H16NO2.BrH/c1-10(2)6-3-5-4-7(10)9(12-5)8(6)11;/h5-9,11H,3-4H2,1-2H3;1H/q+1;/p-1/t5-,6-,7+,8?,9?;/m0./s1/i1D3;/t5-,6-,7+,8?,9?,10-;. The molecule has 4 aliphatic heterocycles. The van der Waals surface area contributed by atoms with Gasteiger partial charge in [0, 0.05) is 12.8 Å². The van der Waals surface area contributed by atoms with Crippen LogP contribution in [0.2, 0.25) is 0 Å². The zero-order valence-corrected chi connectivity index (χ0v) is 9.07. The zero-order chi connectivity index (χ0) is 11.0. The first-order valence-corrected chi connectivity index (χ1v) is 4.55. The van der Waals surface area contributed by atoms with Crippen molar-refractivity contribution >= 4 is 0 Å². The quantitative estimate of drug-likeness (QED) is 0.459. The molecule has 76 valence electrons. The van der Waals surface area contributed by atoms with Gasteiger partial charge in [-0.25, -0.2) is 0 Å². The van der Waals surface area contributed by atoms with E-state index in [0.717, 1.165) is 6.42 Å². The SMILES string of the molecule is [2H]C([2H])([2H])[N@@+]1(C)[C@@H]2C[C@@H]3C[C@H]1C(O)C2O3.[Br-]. The van der Waals surface area contributed by atoms with E-state index in [-0.39, 0.29) is 45.8 Å². The minimum atomic E-state index is -2.05. The summed E-state index contributed by atoms with van der Waals surface area (Å²) < 4.78 is 28.6. The van der Waals surface area contributed by atoms with Crippen LogP contribution in [0, 0.1) is 0 Å². The topological polar surface area (TPSA) is 29.5 Å². The van der Waals surface area contributed by atoms with Crippen molar-refractivity contribution in [2.45, 2.75) is 43.2 Å². The van der Waals surface area contributed by atoms with Gasteiger partial charge in [0.15, 0.2) is 0 Å². The molecule has 0 amide bonds. The molecular weight excluding hydrogens is 234 g/mol. The number of likely N-dealkylation sites (N-methyl/N-ethyl adjacent to an activating group) is 1. The van der Waals surface area contributed by atoms with Crippen molar-refractivity contribution in [3.05, 3.63) is 0 Å². The van der Waals surface area contributed by atoms with Crippen molar-refractivity contribution in [2.24, 2.45) is 0 Å². The van der Waals surface area contributed by atoms with E-state index in [1.807, 2.05) is 0 Å². The summed E-state index contributed by atoms with van der Waals surface area (Å²) in [5, 5.41) is 10.0. The maximum Gasteiger partial charge on any atom is 0.141 e. The van der Waals surface area contributed by atoms with E-state index in [0.29, 0.717) is 6.42 Å². The Balaban J connectivity index is 0.000000963. The Kier molecular flexibility index (Phi) is 1.40. The monoisotopic (exact) mass is 252 g/mol.